The Hall–Kier alpha value is -3.99. The van der Waals surface area contributed by atoms with Crippen LogP contribution in [0.1, 0.15) is 38.9 Å². The summed E-state index contributed by atoms with van der Waals surface area (Å²) >= 11 is 0. The van der Waals surface area contributed by atoms with Crippen molar-refractivity contribution < 1.29 is 4.79 Å². The standard InChI is InChI=1S/C26H24N4O/c1-18-16-19(2)28-26(27-18)29-23-15-9-14-22(17-23)25(31)30-24(20-10-5-3-6-11-20)21-12-7-4-8-13-21/h3-17,24H,1-2H3,(H,30,31)(H,27,28,29). The van der Waals surface area contributed by atoms with Crippen LogP contribution in [0.5, 0.6) is 0 Å². The van der Waals surface area contributed by atoms with Crippen LogP contribution < -0.4 is 10.6 Å². The predicted octanol–water partition coefficient (Wildman–Crippen LogP) is 5.36. The summed E-state index contributed by atoms with van der Waals surface area (Å²) in [5.74, 6) is 0.365. The average molecular weight is 409 g/mol. The molecule has 1 heterocycles. The number of nitrogens with one attached hydrogen (secondary N) is 2. The van der Waals surface area contributed by atoms with Gasteiger partial charge in [-0.05, 0) is 49.2 Å². The minimum Gasteiger partial charge on any atom is -0.341 e. The first-order valence-corrected chi connectivity index (χ1v) is 10.2. The van der Waals surface area contributed by atoms with Gasteiger partial charge in [-0.25, -0.2) is 9.97 Å². The summed E-state index contributed by atoms with van der Waals surface area (Å²) < 4.78 is 0. The summed E-state index contributed by atoms with van der Waals surface area (Å²) in [5.41, 5.74) is 5.15. The second kappa shape index (κ2) is 9.22. The number of carbonyl (C=O) groups is 1. The van der Waals surface area contributed by atoms with E-state index in [1.807, 2.05) is 98.8 Å². The third-order valence-electron chi connectivity index (χ3n) is 4.90. The van der Waals surface area contributed by atoms with Crippen molar-refractivity contribution in [2.24, 2.45) is 0 Å². The van der Waals surface area contributed by atoms with Crippen LogP contribution in [0.4, 0.5) is 11.6 Å². The fourth-order valence-electron chi connectivity index (χ4n) is 3.51. The number of rotatable bonds is 6. The highest BCUT2D eigenvalue weighted by Crippen LogP contribution is 2.23. The molecule has 0 unspecified atom stereocenters. The normalized spacial score (nSPS) is 10.7. The second-order valence-electron chi connectivity index (χ2n) is 7.41. The Labute approximate surface area is 182 Å². The second-order valence-corrected chi connectivity index (χ2v) is 7.41. The van der Waals surface area contributed by atoms with Crippen molar-refractivity contribution in [1.82, 2.24) is 15.3 Å². The lowest BCUT2D eigenvalue weighted by atomic mass is 9.98. The van der Waals surface area contributed by atoms with Gasteiger partial charge in [-0.15, -0.1) is 0 Å². The van der Waals surface area contributed by atoms with E-state index in [0.717, 1.165) is 28.2 Å². The van der Waals surface area contributed by atoms with Crippen LogP contribution in [0, 0.1) is 13.8 Å². The zero-order valence-electron chi connectivity index (χ0n) is 17.5. The van der Waals surface area contributed by atoms with Gasteiger partial charge in [-0.3, -0.25) is 4.79 Å². The van der Waals surface area contributed by atoms with E-state index in [-0.39, 0.29) is 11.9 Å². The molecule has 0 radical (unpaired) electrons. The van der Waals surface area contributed by atoms with Gasteiger partial charge in [0.25, 0.3) is 5.91 Å². The van der Waals surface area contributed by atoms with Crippen molar-refractivity contribution in [3.05, 3.63) is 119 Å². The zero-order valence-corrected chi connectivity index (χ0v) is 17.5. The van der Waals surface area contributed by atoms with Gasteiger partial charge in [0.1, 0.15) is 0 Å². The molecule has 0 bridgehead atoms. The molecule has 0 saturated carbocycles. The number of aromatic nitrogens is 2. The lowest BCUT2D eigenvalue weighted by Crippen LogP contribution is -2.29. The Balaban J connectivity index is 1.57. The molecular formula is C26H24N4O. The first-order valence-electron chi connectivity index (χ1n) is 10.2. The largest absolute Gasteiger partial charge is 0.341 e. The molecule has 1 aromatic heterocycles. The fraction of sp³-hybridized carbons (Fsp3) is 0.115. The first-order chi connectivity index (χ1) is 15.1. The number of benzene rings is 3. The minimum absolute atomic E-state index is 0.150. The van der Waals surface area contributed by atoms with Crippen molar-refractivity contribution in [3.63, 3.8) is 0 Å². The number of carbonyl (C=O) groups excluding carboxylic acids is 1. The summed E-state index contributed by atoms with van der Waals surface area (Å²) in [6.07, 6.45) is 0. The van der Waals surface area contributed by atoms with Crippen molar-refractivity contribution in [2.75, 3.05) is 5.32 Å². The van der Waals surface area contributed by atoms with E-state index >= 15 is 0 Å². The molecule has 154 valence electrons. The van der Waals surface area contributed by atoms with E-state index in [1.165, 1.54) is 0 Å². The van der Waals surface area contributed by atoms with Gasteiger partial charge < -0.3 is 10.6 Å². The highest BCUT2D eigenvalue weighted by molar-refractivity contribution is 5.95. The summed E-state index contributed by atoms with van der Waals surface area (Å²) in [6, 6.07) is 29.0. The lowest BCUT2D eigenvalue weighted by Gasteiger charge is -2.20. The topological polar surface area (TPSA) is 66.9 Å². The molecule has 5 heteroatoms. The van der Waals surface area contributed by atoms with Crippen LogP contribution in [0.3, 0.4) is 0 Å². The van der Waals surface area contributed by atoms with E-state index in [9.17, 15) is 4.79 Å². The molecule has 2 N–H and O–H groups in total. The summed E-state index contributed by atoms with van der Waals surface area (Å²) in [7, 11) is 0. The number of hydrogen-bond donors (Lipinski definition) is 2. The highest BCUT2D eigenvalue weighted by Gasteiger charge is 2.18. The molecule has 0 aliphatic rings. The van der Waals surface area contributed by atoms with E-state index in [1.54, 1.807) is 6.07 Å². The number of amides is 1. The van der Waals surface area contributed by atoms with Crippen LogP contribution in [-0.2, 0) is 0 Å². The fourth-order valence-corrected chi connectivity index (χ4v) is 3.51. The molecule has 5 nitrogen and oxygen atoms in total. The molecular weight excluding hydrogens is 384 g/mol. The van der Waals surface area contributed by atoms with Crippen molar-refractivity contribution in [3.8, 4) is 0 Å². The quantitative estimate of drug-likeness (QED) is 0.451. The van der Waals surface area contributed by atoms with Crippen molar-refractivity contribution in [1.29, 1.82) is 0 Å². The van der Waals surface area contributed by atoms with Gasteiger partial charge in [-0.2, -0.15) is 0 Å². The number of hydrogen-bond acceptors (Lipinski definition) is 4. The monoisotopic (exact) mass is 408 g/mol. The molecule has 0 saturated heterocycles. The van der Waals surface area contributed by atoms with Crippen LogP contribution in [-0.4, -0.2) is 15.9 Å². The van der Waals surface area contributed by atoms with Crippen molar-refractivity contribution in [2.45, 2.75) is 19.9 Å². The Morgan fingerprint density at radius 2 is 1.32 bits per heavy atom. The molecule has 3 aromatic carbocycles. The van der Waals surface area contributed by atoms with Crippen LogP contribution in [0.25, 0.3) is 0 Å². The summed E-state index contributed by atoms with van der Waals surface area (Å²) in [5, 5.41) is 6.37. The maximum absolute atomic E-state index is 13.1. The van der Waals surface area contributed by atoms with Gasteiger partial charge >= 0.3 is 0 Å². The van der Waals surface area contributed by atoms with E-state index in [2.05, 4.69) is 20.6 Å². The summed E-state index contributed by atoms with van der Waals surface area (Å²) in [4.78, 5) is 22.0. The molecule has 0 atom stereocenters. The van der Waals surface area contributed by atoms with Crippen LogP contribution >= 0.6 is 0 Å². The smallest absolute Gasteiger partial charge is 0.252 e. The molecule has 4 rings (SSSR count). The maximum Gasteiger partial charge on any atom is 0.252 e. The Bertz CT molecular complexity index is 1120. The predicted molar refractivity (Wildman–Crippen MR) is 123 cm³/mol. The third kappa shape index (κ3) is 5.14. The van der Waals surface area contributed by atoms with E-state index < -0.39 is 0 Å². The maximum atomic E-state index is 13.1. The molecule has 31 heavy (non-hydrogen) atoms. The lowest BCUT2D eigenvalue weighted by molar-refractivity contribution is 0.0943. The van der Waals surface area contributed by atoms with Gasteiger partial charge in [0.15, 0.2) is 0 Å². The number of anilines is 2. The molecule has 0 aliphatic heterocycles. The summed E-state index contributed by atoms with van der Waals surface area (Å²) in [6.45, 7) is 3.86. The van der Waals surface area contributed by atoms with Gasteiger partial charge in [0.05, 0.1) is 6.04 Å². The SMILES string of the molecule is Cc1cc(C)nc(Nc2cccc(C(=O)NC(c3ccccc3)c3ccccc3)c2)n1. The molecule has 0 aliphatic carbocycles. The Morgan fingerprint density at radius 1 is 0.742 bits per heavy atom. The van der Waals surface area contributed by atoms with Gasteiger partial charge in [-0.1, -0.05) is 66.7 Å². The van der Waals surface area contributed by atoms with E-state index in [0.29, 0.717) is 11.5 Å². The first kappa shape index (κ1) is 20.3. The van der Waals surface area contributed by atoms with Crippen LogP contribution in [0.2, 0.25) is 0 Å². The minimum atomic E-state index is -0.241. The third-order valence-corrected chi connectivity index (χ3v) is 4.90. The Morgan fingerprint density at radius 3 is 1.90 bits per heavy atom. The van der Waals surface area contributed by atoms with Crippen molar-refractivity contribution >= 4 is 17.5 Å². The van der Waals surface area contributed by atoms with E-state index in [4.69, 9.17) is 0 Å². The molecule has 1 amide bonds. The number of nitrogens with zero attached hydrogens (tertiary/aromatic N) is 2. The molecule has 0 spiro atoms. The Kier molecular flexibility index (Phi) is 6.03. The molecule has 0 fully saturated rings. The van der Waals surface area contributed by atoms with Gasteiger partial charge in [0.2, 0.25) is 5.95 Å². The molecule has 4 aromatic rings. The number of aryl methyl sites for hydroxylation is 2. The average Bonchev–Trinajstić information content (AvgIpc) is 2.78. The zero-order chi connectivity index (χ0) is 21.6. The van der Waals surface area contributed by atoms with Crippen LogP contribution in [0.15, 0.2) is 91.0 Å². The van der Waals surface area contributed by atoms with Gasteiger partial charge in [0, 0.05) is 22.6 Å². The highest BCUT2D eigenvalue weighted by atomic mass is 16.1.